The molecule has 1 N–H and O–H groups in total. The van der Waals surface area contributed by atoms with Gasteiger partial charge in [-0.15, -0.1) is 0 Å². The van der Waals surface area contributed by atoms with E-state index in [-0.39, 0.29) is 6.10 Å². The van der Waals surface area contributed by atoms with E-state index in [9.17, 15) is 0 Å². The summed E-state index contributed by atoms with van der Waals surface area (Å²) in [5, 5.41) is 3.73. The molecular formula is C13H26N2O2. The Kier molecular flexibility index (Phi) is 4.79. The van der Waals surface area contributed by atoms with Crippen molar-refractivity contribution in [2.75, 3.05) is 33.9 Å². The molecule has 0 aromatic heterocycles. The Bertz CT molecular complexity index is 229. The summed E-state index contributed by atoms with van der Waals surface area (Å²) >= 11 is 0. The first-order chi connectivity index (χ1) is 8.24. The van der Waals surface area contributed by atoms with E-state index in [1.807, 2.05) is 6.92 Å². The van der Waals surface area contributed by atoms with Gasteiger partial charge in [-0.25, -0.2) is 0 Å². The summed E-state index contributed by atoms with van der Waals surface area (Å²) in [7, 11) is 3.99. The summed E-state index contributed by atoms with van der Waals surface area (Å²) in [6, 6.07) is 1.15. The molecule has 0 amide bonds. The average molecular weight is 242 g/mol. The second-order valence-electron chi connectivity index (χ2n) is 5.28. The summed E-state index contributed by atoms with van der Waals surface area (Å²) in [5.74, 6) is 0. The lowest BCUT2D eigenvalue weighted by Gasteiger charge is -2.46. The Morgan fingerprint density at radius 1 is 1.29 bits per heavy atom. The molecule has 4 nitrogen and oxygen atoms in total. The fraction of sp³-hybridized carbons (Fsp3) is 1.00. The highest BCUT2D eigenvalue weighted by atomic mass is 16.5. The predicted molar refractivity (Wildman–Crippen MR) is 68.3 cm³/mol. The van der Waals surface area contributed by atoms with E-state index in [1.54, 1.807) is 7.11 Å². The maximum absolute atomic E-state index is 5.64. The highest BCUT2D eigenvalue weighted by molar-refractivity contribution is 4.98. The van der Waals surface area contributed by atoms with Gasteiger partial charge in [-0.3, -0.25) is 0 Å². The van der Waals surface area contributed by atoms with Gasteiger partial charge in [0.25, 0.3) is 0 Å². The fourth-order valence-corrected chi connectivity index (χ4v) is 2.92. The van der Waals surface area contributed by atoms with Crippen LogP contribution < -0.4 is 5.32 Å². The molecule has 4 heteroatoms. The number of nitrogens with zero attached hydrogens (tertiary/aromatic N) is 1. The summed E-state index contributed by atoms with van der Waals surface area (Å²) in [4.78, 5) is 2.40. The summed E-state index contributed by atoms with van der Waals surface area (Å²) in [6.45, 7) is 5.24. The van der Waals surface area contributed by atoms with Gasteiger partial charge in [-0.2, -0.15) is 0 Å². The molecule has 0 radical (unpaired) electrons. The standard InChI is InChI=1S/C13H26N2O2/c1-4-17-12-9-11(13(12)16-3)14-10-5-7-15(2)8-6-10/h10-14H,4-9H2,1-3H3. The maximum Gasteiger partial charge on any atom is 0.0986 e. The molecule has 0 aromatic rings. The first-order valence-corrected chi connectivity index (χ1v) is 6.83. The first kappa shape index (κ1) is 13.3. The molecule has 1 heterocycles. The number of rotatable bonds is 5. The second kappa shape index (κ2) is 6.14. The van der Waals surface area contributed by atoms with E-state index in [2.05, 4.69) is 17.3 Å². The molecule has 1 saturated heterocycles. The summed E-state index contributed by atoms with van der Waals surface area (Å²) in [6.07, 6.45) is 4.15. The average Bonchev–Trinajstić information content (AvgIpc) is 2.30. The number of hydrogen-bond donors (Lipinski definition) is 1. The van der Waals surface area contributed by atoms with Crippen molar-refractivity contribution < 1.29 is 9.47 Å². The van der Waals surface area contributed by atoms with Crippen LogP contribution in [0.1, 0.15) is 26.2 Å². The van der Waals surface area contributed by atoms with Gasteiger partial charge in [0, 0.05) is 25.8 Å². The van der Waals surface area contributed by atoms with E-state index in [1.165, 1.54) is 25.9 Å². The summed E-state index contributed by atoms with van der Waals surface area (Å²) < 4.78 is 11.2. The molecule has 0 bridgehead atoms. The molecule has 2 aliphatic rings. The van der Waals surface area contributed by atoms with Crippen molar-refractivity contribution in [1.29, 1.82) is 0 Å². The van der Waals surface area contributed by atoms with E-state index < -0.39 is 0 Å². The van der Waals surface area contributed by atoms with Gasteiger partial charge in [-0.05, 0) is 46.3 Å². The lowest BCUT2D eigenvalue weighted by Crippen LogP contribution is -2.62. The number of piperidine rings is 1. The Hall–Kier alpha value is -0.160. The number of ether oxygens (including phenoxy) is 2. The van der Waals surface area contributed by atoms with Crippen LogP contribution in [0.15, 0.2) is 0 Å². The molecule has 17 heavy (non-hydrogen) atoms. The Balaban J connectivity index is 1.73. The van der Waals surface area contributed by atoms with E-state index in [0.29, 0.717) is 18.2 Å². The van der Waals surface area contributed by atoms with Gasteiger partial charge in [0.1, 0.15) is 0 Å². The molecule has 1 aliphatic carbocycles. The molecule has 2 fully saturated rings. The normalized spacial score (nSPS) is 35.8. The Labute approximate surface area is 105 Å². The smallest absolute Gasteiger partial charge is 0.0986 e. The third-order valence-corrected chi connectivity index (χ3v) is 4.07. The zero-order chi connectivity index (χ0) is 12.3. The third kappa shape index (κ3) is 3.19. The van der Waals surface area contributed by atoms with Crippen molar-refractivity contribution in [2.45, 2.75) is 50.5 Å². The zero-order valence-electron chi connectivity index (χ0n) is 11.3. The van der Waals surface area contributed by atoms with Crippen LogP contribution in [0.2, 0.25) is 0 Å². The van der Waals surface area contributed by atoms with Crippen molar-refractivity contribution in [1.82, 2.24) is 10.2 Å². The summed E-state index contributed by atoms with van der Waals surface area (Å²) in [5.41, 5.74) is 0. The van der Waals surface area contributed by atoms with Gasteiger partial charge in [0.2, 0.25) is 0 Å². The van der Waals surface area contributed by atoms with Crippen molar-refractivity contribution in [3.63, 3.8) is 0 Å². The maximum atomic E-state index is 5.64. The second-order valence-corrected chi connectivity index (χ2v) is 5.28. The van der Waals surface area contributed by atoms with Crippen LogP contribution in [0.5, 0.6) is 0 Å². The van der Waals surface area contributed by atoms with Crippen LogP contribution in [0.4, 0.5) is 0 Å². The van der Waals surface area contributed by atoms with Crippen LogP contribution in [0.3, 0.4) is 0 Å². The van der Waals surface area contributed by atoms with Crippen LogP contribution in [-0.2, 0) is 9.47 Å². The van der Waals surface area contributed by atoms with E-state index >= 15 is 0 Å². The van der Waals surface area contributed by atoms with Crippen molar-refractivity contribution in [3.8, 4) is 0 Å². The van der Waals surface area contributed by atoms with Crippen molar-refractivity contribution in [3.05, 3.63) is 0 Å². The van der Waals surface area contributed by atoms with Crippen LogP contribution >= 0.6 is 0 Å². The quantitative estimate of drug-likeness (QED) is 0.775. The third-order valence-electron chi connectivity index (χ3n) is 4.07. The molecule has 3 atom stereocenters. The lowest BCUT2D eigenvalue weighted by molar-refractivity contribution is -0.133. The SMILES string of the molecule is CCOC1CC(NC2CCN(C)CC2)C1OC. The minimum atomic E-state index is 0.245. The van der Waals surface area contributed by atoms with Crippen molar-refractivity contribution in [2.24, 2.45) is 0 Å². The topological polar surface area (TPSA) is 33.7 Å². The highest BCUT2D eigenvalue weighted by Gasteiger charge is 2.42. The molecular weight excluding hydrogens is 216 g/mol. The van der Waals surface area contributed by atoms with Gasteiger partial charge in [0.05, 0.1) is 12.2 Å². The predicted octanol–water partition coefficient (Wildman–Crippen LogP) is 0.863. The number of hydrogen-bond acceptors (Lipinski definition) is 4. The minimum Gasteiger partial charge on any atom is -0.377 e. The molecule has 0 aromatic carbocycles. The Morgan fingerprint density at radius 3 is 2.59 bits per heavy atom. The lowest BCUT2D eigenvalue weighted by atomic mass is 9.84. The van der Waals surface area contributed by atoms with Gasteiger partial charge in [-0.1, -0.05) is 0 Å². The Morgan fingerprint density at radius 2 is 2.00 bits per heavy atom. The first-order valence-electron chi connectivity index (χ1n) is 6.83. The number of nitrogens with one attached hydrogen (secondary N) is 1. The highest BCUT2D eigenvalue weighted by Crippen LogP contribution is 2.28. The van der Waals surface area contributed by atoms with Gasteiger partial charge in [0.15, 0.2) is 0 Å². The molecule has 100 valence electrons. The van der Waals surface area contributed by atoms with Gasteiger partial charge >= 0.3 is 0 Å². The van der Waals surface area contributed by atoms with Crippen LogP contribution in [0.25, 0.3) is 0 Å². The van der Waals surface area contributed by atoms with Crippen LogP contribution in [-0.4, -0.2) is 63.0 Å². The van der Waals surface area contributed by atoms with E-state index in [4.69, 9.17) is 9.47 Å². The minimum absolute atomic E-state index is 0.245. The zero-order valence-corrected chi connectivity index (χ0v) is 11.3. The molecule has 2 rings (SSSR count). The fourth-order valence-electron chi connectivity index (χ4n) is 2.92. The number of methoxy groups -OCH3 is 1. The molecule has 1 aliphatic heterocycles. The van der Waals surface area contributed by atoms with Crippen LogP contribution in [0, 0.1) is 0 Å². The molecule has 1 saturated carbocycles. The monoisotopic (exact) mass is 242 g/mol. The van der Waals surface area contributed by atoms with Crippen molar-refractivity contribution >= 4 is 0 Å². The molecule has 3 unspecified atom stereocenters. The largest absolute Gasteiger partial charge is 0.377 e. The van der Waals surface area contributed by atoms with E-state index in [0.717, 1.165) is 13.0 Å². The van der Waals surface area contributed by atoms with Gasteiger partial charge < -0.3 is 19.7 Å². The number of likely N-dealkylation sites (tertiary alicyclic amines) is 1. The molecule has 0 spiro atoms.